The molecule has 0 N–H and O–H groups in total. The highest BCUT2D eigenvalue weighted by molar-refractivity contribution is 14.1. The number of halogens is 1. The number of benzene rings is 1. The zero-order valence-corrected chi connectivity index (χ0v) is 13.2. The van der Waals surface area contributed by atoms with Crippen LogP contribution in [-0.4, -0.2) is 25.2 Å². The number of carbonyl (C=O) groups excluding carboxylic acids is 2. The summed E-state index contributed by atoms with van der Waals surface area (Å²) in [5, 5.41) is 0. The lowest BCUT2D eigenvalue weighted by molar-refractivity contribution is -0.143. The molecule has 1 aromatic carbocycles. The minimum atomic E-state index is -0.329. The SMILES string of the molecule is CCOC(=O)CCc1cccc(C(=O)OCC)c1I. The second-order valence-electron chi connectivity index (χ2n) is 3.80. The summed E-state index contributed by atoms with van der Waals surface area (Å²) in [6.45, 7) is 4.29. The van der Waals surface area contributed by atoms with Gasteiger partial charge in [0, 0.05) is 9.99 Å². The lowest BCUT2D eigenvalue weighted by atomic mass is 10.1. The maximum atomic E-state index is 11.7. The fraction of sp³-hybridized carbons (Fsp3) is 0.429. The molecule has 4 nitrogen and oxygen atoms in total. The molecule has 0 bridgehead atoms. The van der Waals surface area contributed by atoms with E-state index in [1.165, 1.54) is 0 Å². The van der Waals surface area contributed by atoms with Crippen LogP contribution in [0.4, 0.5) is 0 Å². The predicted octanol–water partition coefficient (Wildman–Crippen LogP) is 2.96. The van der Waals surface area contributed by atoms with E-state index < -0.39 is 0 Å². The lowest BCUT2D eigenvalue weighted by Crippen LogP contribution is -2.10. The van der Waals surface area contributed by atoms with Crippen LogP contribution < -0.4 is 0 Å². The van der Waals surface area contributed by atoms with Crippen molar-refractivity contribution in [3.8, 4) is 0 Å². The van der Waals surface area contributed by atoms with E-state index >= 15 is 0 Å². The van der Waals surface area contributed by atoms with Gasteiger partial charge in [0.15, 0.2) is 0 Å². The zero-order chi connectivity index (χ0) is 14.3. The van der Waals surface area contributed by atoms with E-state index in [0.29, 0.717) is 31.6 Å². The summed E-state index contributed by atoms with van der Waals surface area (Å²) in [7, 11) is 0. The van der Waals surface area contributed by atoms with Crippen molar-refractivity contribution in [2.45, 2.75) is 26.7 Å². The standard InChI is InChI=1S/C14H17IO4/c1-3-18-12(16)9-8-10-6-5-7-11(13(10)15)14(17)19-4-2/h5-7H,3-4,8-9H2,1-2H3. The molecule has 0 aliphatic carbocycles. The number of hydrogen-bond donors (Lipinski definition) is 0. The van der Waals surface area contributed by atoms with Gasteiger partial charge in [-0.2, -0.15) is 0 Å². The van der Waals surface area contributed by atoms with Gasteiger partial charge in [0.2, 0.25) is 0 Å². The second-order valence-corrected chi connectivity index (χ2v) is 4.88. The molecule has 0 aromatic heterocycles. The average Bonchev–Trinajstić information content (AvgIpc) is 2.38. The monoisotopic (exact) mass is 376 g/mol. The summed E-state index contributed by atoms with van der Waals surface area (Å²) >= 11 is 2.11. The van der Waals surface area contributed by atoms with Crippen LogP contribution in [0.3, 0.4) is 0 Å². The molecule has 0 radical (unpaired) electrons. The molecule has 0 aliphatic heterocycles. The highest BCUT2D eigenvalue weighted by Gasteiger charge is 2.14. The molecule has 0 fully saturated rings. The highest BCUT2D eigenvalue weighted by Crippen LogP contribution is 2.20. The molecule has 5 heteroatoms. The van der Waals surface area contributed by atoms with Crippen molar-refractivity contribution >= 4 is 34.5 Å². The van der Waals surface area contributed by atoms with Crippen molar-refractivity contribution in [1.82, 2.24) is 0 Å². The Labute approximate surface area is 126 Å². The summed E-state index contributed by atoms with van der Waals surface area (Å²) in [5.74, 6) is -0.551. The van der Waals surface area contributed by atoms with Crippen molar-refractivity contribution < 1.29 is 19.1 Å². The number of carbonyl (C=O) groups is 2. The molecular weight excluding hydrogens is 359 g/mol. The predicted molar refractivity (Wildman–Crippen MR) is 80.1 cm³/mol. The zero-order valence-electron chi connectivity index (χ0n) is 11.1. The third-order valence-electron chi connectivity index (χ3n) is 2.48. The fourth-order valence-corrected chi connectivity index (χ4v) is 2.46. The van der Waals surface area contributed by atoms with Crippen LogP contribution in [0.15, 0.2) is 18.2 Å². The minimum Gasteiger partial charge on any atom is -0.466 e. The van der Waals surface area contributed by atoms with Gasteiger partial charge in [-0.05, 0) is 54.5 Å². The van der Waals surface area contributed by atoms with E-state index in [-0.39, 0.29) is 11.9 Å². The van der Waals surface area contributed by atoms with Crippen LogP contribution >= 0.6 is 22.6 Å². The lowest BCUT2D eigenvalue weighted by Gasteiger charge is -2.09. The number of ether oxygens (including phenoxy) is 2. The van der Waals surface area contributed by atoms with E-state index in [0.717, 1.165) is 9.13 Å². The van der Waals surface area contributed by atoms with E-state index in [2.05, 4.69) is 22.6 Å². The molecule has 104 valence electrons. The average molecular weight is 376 g/mol. The molecule has 0 atom stereocenters. The van der Waals surface area contributed by atoms with Crippen LogP contribution in [0.2, 0.25) is 0 Å². The number of rotatable bonds is 6. The van der Waals surface area contributed by atoms with Gasteiger partial charge < -0.3 is 9.47 Å². The topological polar surface area (TPSA) is 52.6 Å². The Morgan fingerprint density at radius 3 is 2.47 bits per heavy atom. The van der Waals surface area contributed by atoms with E-state index in [1.54, 1.807) is 26.0 Å². The van der Waals surface area contributed by atoms with Crippen LogP contribution in [0.5, 0.6) is 0 Å². The molecule has 0 saturated heterocycles. The Kier molecular flexibility index (Phi) is 6.83. The first kappa shape index (κ1) is 15.9. The summed E-state index contributed by atoms with van der Waals surface area (Å²) in [4.78, 5) is 23.1. The van der Waals surface area contributed by atoms with Crippen LogP contribution in [0, 0.1) is 3.57 Å². The molecule has 0 saturated carbocycles. The van der Waals surface area contributed by atoms with E-state index in [9.17, 15) is 9.59 Å². The molecular formula is C14H17IO4. The summed E-state index contributed by atoms with van der Waals surface area (Å²) < 4.78 is 10.7. The number of hydrogen-bond acceptors (Lipinski definition) is 4. The Morgan fingerprint density at radius 2 is 1.84 bits per heavy atom. The van der Waals surface area contributed by atoms with Crippen LogP contribution in [0.25, 0.3) is 0 Å². The summed E-state index contributed by atoms with van der Waals surface area (Å²) in [6, 6.07) is 5.44. The largest absolute Gasteiger partial charge is 0.466 e. The molecule has 0 amide bonds. The first-order valence-electron chi connectivity index (χ1n) is 6.20. The van der Waals surface area contributed by atoms with Gasteiger partial charge in [-0.1, -0.05) is 12.1 Å². The maximum absolute atomic E-state index is 11.7. The number of aryl methyl sites for hydroxylation is 1. The second kappa shape index (κ2) is 8.14. The van der Waals surface area contributed by atoms with Crippen LogP contribution in [-0.2, 0) is 20.7 Å². The van der Waals surface area contributed by atoms with Gasteiger partial charge in [0.05, 0.1) is 18.8 Å². The van der Waals surface area contributed by atoms with E-state index in [4.69, 9.17) is 9.47 Å². The van der Waals surface area contributed by atoms with Crippen molar-refractivity contribution in [3.63, 3.8) is 0 Å². The van der Waals surface area contributed by atoms with Crippen LogP contribution in [0.1, 0.15) is 36.2 Å². The Hall–Kier alpha value is -1.11. The van der Waals surface area contributed by atoms with Gasteiger partial charge in [-0.15, -0.1) is 0 Å². The molecule has 0 heterocycles. The normalized spacial score (nSPS) is 10.1. The Morgan fingerprint density at radius 1 is 1.16 bits per heavy atom. The Bertz CT molecular complexity index is 457. The smallest absolute Gasteiger partial charge is 0.339 e. The molecule has 0 aliphatic rings. The molecule has 0 spiro atoms. The van der Waals surface area contributed by atoms with Gasteiger partial charge in [0.1, 0.15) is 0 Å². The maximum Gasteiger partial charge on any atom is 0.339 e. The Balaban J connectivity index is 2.77. The third-order valence-corrected chi connectivity index (χ3v) is 3.75. The van der Waals surface area contributed by atoms with Gasteiger partial charge in [-0.25, -0.2) is 4.79 Å². The highest BCUT2D eigenvalue weighted by atomic mass is 127. The van der Waals surface area contributed by atoms with Crippen molar-refractivity contribution in [1.29, 1.82) is 0 Å². The van der Waals surface area contributed by atoms with E-state index in [1.807, 2.05) is 6.07 Å². The number of esters is 2. The third kappa shape index (κ3) is 4.81. The van der Waals surface area contributed by atoms with Gasteiger partial charge in [-0.3, -0.25) is 4.79 Å². The summed E-state index contributed by atoms with van der Waals surface area (Å²) in [6.07, 6.45) is 0.875. The molecule has 1 aromatic rings. The van der Waals surface area contributed by atoms with Gasteiger partial charge >= 0.3 is 11.9 Å². The molecule has 0 unspecified atom stereocenters. The van der Waals surface area contributed by atoms with Crippen molar-refractivity contribution in [2.75, 3.05) is 13.2 Å². The first-order valence-corrected chi connectivity index (χ1v) is 7.28. The molecule has 19 heavy (non-hydrogen) atoms. The van der Waals surface area contributed by atoms with Gasteiger partial charge in [0.25, 0.3) is 0 Å². The fourth-order valence-electron chi connectivity index (χ4n) is 1.61. The van der Waals surface area contributed by atoms with Crippen molar-refractivity contribution in [2.24, 2.45) is 0 Å². The summed E-state index contributed by atoms with van der Waals surface area (Å²) in [5.41, 5.74) is 1.50. The molecule has 1 rings (SSSR count). The van der Waals surface area contributed by atoms with Crippen molar-refractivity contribution in [3.05, 3.63) is 32.9 Å². The first-order chi connectivity index (χ1) is 9.10. The quantitative estimate of drug-likeness (QED) is 0.566. The minimum absolute atomic E-state index is 0.222.